The van der Waals surface area contributed by atoms with Crippen LogP contribution < -0.4 is 4.74 Å². The highest BCUT2D eigenvalue weighted by molar-refractivity contribution is 5.35. The normalized spacial score (nSPS) is 22.8. The van der Waals surface area contributed by atoms with Gasteiger partial charge in [-0.1, -0.05) is 18.2 Å². The molecule has 0 radical (unpaired) electrons. The molecule has 2 rings (SSSR count). The molecule has 1 aliphatic heterocycles. The molecule has 4 heteroatoms. The van der Waals surface area contributed by atoms with E-state index in [9.17, 15) is 5.11 Å². The zero-order valence-corrected chi connectivity index (χ0v) is 9.26. The van der Waals surface area contributed by atoms with Crippen molar-refractivity contribution in [2.24, 2.45) is 0 Å². The Labute approximate surface area is 94.8 Å². The van der Waals surface area contributed by atoms with Crippen LogP contribution in [0.2, 0.25) is 0 Å². The van der Waals surface area contributed by atoms with E-state index in [0.29, 0.717) is 25.6 Å². The summed E-state index contributed by atoms with van der Waals surface area (Å²) < 4.78 is 15.9. The summed E-state index contributed by atoms with van der Waals surface area (Å²) >= 11 is 0. The highest BCUT2D eigenvalue weighted by atomic mass is 16.6. The lowest BCUT2D eigenvalue weighted by molar-refractivity contribution is -0.133. The summed E-state index contributed by atoms with van der Waals surface area (Å²) in [6.07, 6.45) is -1.03. The third-order valence-corrected chi connectivity index (χ3v) is 2.65. The number of aliphatic hydroxyl groups is 1. The van der Waals surface area contributed by atoms with Crippen molar-refractivity contribution in [1.82, 2.24) is 0 Å². The maximum atomic E-state index is 10.2. The molecule has 1 fully saturated rings. The fourth-order valence-corrected chi connectivity index (χ4v) is 1.80. The van der Waals surface area contributed by atoms with Crippen LogP contribution in [-0.4, -0.2) is 38.1 Å². The molecule has 16 heavy (non-hydrogen) atoms. The van der Waals surface area contributed by atoms with Crippen molar-refractivity contribution in [3.63, 3.8) is 0 Å². The van der Waals surface area contributed by atoms with E-state index < -0.39 is 6.10 Å². The number of rotatable bonds is 3. The summed E-state index contributed by atoms with van der Waals surface area (Å²) in [6, 6.07) is 7.39. The predicted molar refractivity (Wildman–Crippen MR) is 58.5 cm³/mol. The lowest BCUT2D eigenvalue weighted by Gasteiger charge is -2.28. The van der Waals surface area contributed by atoms with Crippen molar-refractivity contribution >= 4 is 0 Å². The third-order valence-electron chi connectivity index (χ3n) is 2.65. The van der Waals surface area contributed by atoms with Crippen molar-refractivity contribution in [3.8, 4) is 5.75 Å². The van der Waals surface area contributed by atoms with E-state index in [-0.39, 0.29) is 6.10 Å². The van der Waals surface area contributed by atoms with Gasteiger partial charge >= 0.3 is 0 Å². The molecular formula is C12H16O4. The molecule has 4 nitrogen and oxygen atoms in total. The Morgan fingerprint density at radius 3 is 2.88 bits per heavy atom. The molecule has 0 aliphatic carbocycles. The van der Waals surface area contributed by atoms with E-state index in [1.54, 1.807) is 7.11 Å². The minimum absolute atomic E-state index is 0.315. The summed E-state index contributed by atoms with van der Waals surface area (Å²) in [5, 5.41) is 10.2. The monoisotopic (exact) mass is 224 g/mol. The summed E-state index contributed by atoms with van der Waals surface area (Å²) in [7, 11) is 1.59. The Morgan fingerprint density at radius 1 is 1.38 bits per heavy atom. The van der Waals surface area contributed by atoms with Crippen molar-refractivity contribution in [2.75, 3.05) is 26.9 Å². The first kappa shape index (κ1) is 11.4. The highest BCUT2D eigenvalue weighted by Gasteiger charge is 2.26. The first-order valence-electron chi connectivity index (χ1n) is 5.33. The van der Waals surface area contributed by atoms with Crippen LogP contribution in [-0.2, 0) is 9.47 Å². The highest BCUT2D eigenvalue weighted by Crippen LogP contribution is 2.28. The number of hydrogen-bond acceptors (Lipinski definition) is 4. The van der Waals surface area contributed by atoms with Crippen LogP contribution in [0.4, 0.5) is 0 Å². The predicted octanol–water partition coefficient (Wildman–Crippen LogP) is 1.14. The van der Waals surface area contributed by atoms with Gasteiger partial charge in [0.1, 0.15) is 18.0 Å². The standard InChI is InChI=1S/C12H16O4/c1-14-10-5-3-2-4-9(10)12(13)11-8-15-6-7-16-11/h2-5,11-13H,6-8H2,1H3. The number of benzene rings is 1. The molecular weight excluding hydrogens is 208 g/mol. The van der Waals surface area contributed by atoms with E-state index in [1.165, 1.54) is 0 Å². The number of methoxy groups -OCH3 is 1. The Bertz CT molecular complexity index is 334. The van der Waals surface area contributed by atoms with Crippen LogP contribution >= 0.6 is 0 Å². The summed E-state index contributed by atoms with van der Waals surface area (Å²) in [5.41, 5.74) is 0.737. The molecule has 1 aromatic rings. The van der Waals surface area contributed by atoms with Crippen molar-refractivity contribution in [1.29, 1.82) is 0 Å². The maximum Gasteiger partial charge on any atom is 0.124 e. The largest absolute Gasteiger partial charge is 0.496 e. The molecule has 0 aromatic heterocycles. The minimum atomic E-state index is -0.712. The van der Waals surface area contributed by atoms with Gasteiger partial charge in [0.15, 0.2) is 0 Å². The molecule has 0 spiro atoms. The second-order valence-electron chi connectivity index (χ2n) is 3.67. The van der Waals surface area contributed by atoms with Gasteiger partial charge in [-0.2, -0.15) is 0 Å². The van der Waals surface area contributed by atoms with Gasteiger partial charge in [0, 0.05) is 5.56 Å². The number of ether oxygens (including phenoxy) is 3. The SMILES string of the molecule is COc1ccccc1C(O)C1COCCO1. The molecule has 2 atom stereocenters. The summed E-state index contributed by atoms with van der Waals surface area (Å²) in [4.78, 5) is 0. The van der Waals surface area contributed by atoms with Gasteiger partial charge in [0.2, 0.25) is 0 Å². The molecule has 1 N–H and O–H groups in total. The van der Waals surface area contributed by atoms with Crippen LogP contribution in [0.15, 0.2) is 24.3 Å². The number of para-hydroxylation sites is 1. The fraction of sp³-hybridized carbons (Fsp3) is 0.500. The van der Waals surface area contributed by atoms with E-state index in [0.717, 1.165) is 5.56 Å². The summed E-state index contributed by atoms with van der Waals surface area (Å²) in [6.45, 7) is 1.53. The molecule has 1 aromatic carbocycles. The Balaban J connectivity index is 2.15. The molecule has 1 heterocycles. The van der Waals surface area contributed by atoms with E-state index in [1.807, 2.05) is 24.3 Å². The quantitative estimate of drug-likeness (QED) is 0.836. The van der Waals surface area contributed by atoms with Crippen molar-refractivity contribution in [3.05, 3.63) is 29.8 Å². The minimum Gasteiger partial charge on any atom is -0.496 e. The average Bonchev–Trinajstić information content (AvgIpc) is 2.39. The van der Waals surface area contributed by atoms with E-state index in [2.05, 4.69) is 0 Å². The van der Waals surface area contributed by atoms with Crippen molar-refractivity contribution in [2.45, 2.75) is 12.2 Å². The molecule has 2 unspecified atom stereocenters. The Kier molecular flexibility index (Phi) is 3.77. The Hall–Kier alpha value is -1.10. The van der Waals surface area contributed by atoms with Crippen LogP contribution in [0, 0.1) is 0 Å². The van der Waals surface area contributed by atoms with Crippen LogP contribution in [0.1, 0.15) is 11.7 Å². The third kappa shape index (κ3) is 2.35. The molecule has 0 bridgehead atoms. The maximum absolute atomic E-state index is 10.2. The van der Waals surface area contributed by atoms with Gasteiger partial charge in [-0.05, 0) is 6.07 Å². The Morgan fingerprint density at radius 2 is 2.19 bits per heavy atom. The van der Waals surface area contributed by atoms with Crippen LogP contribution in [0.3, 0.4) is 0 Å². The number of hydrogen-bond donors (Lipinski definition) is 1. The first-order chi connectivity index (χ1) is 7.83. The average molecular weight is 224 g/mol. The zero-order valence-electron chi connectivity index (χ0n) is 9.26. The lowest BCUT2D eigenvalue weighted by atomic mass is 10.0. The first-order valence-corrected chi connectivity index (χ1v) is 5.33. The molecule has 88 valence electrons. The zero-order chi connectivity index (χ0) is 11.4. The van der Waals surface area contributed by atoms with Crippen LogP contribution in [0.25, 0.3) is 0 Å². The summed E-state index contributed by atoms with van der Waals surface area (Å²) in [5.74, 6) is 0.671. The van der Waals surface area contributed by atoms with Gasteiger partial charge < -0.3 is 19.3 Å². The smallest absolute Gasteiger partial charge is 0.124 e. The van der Waals surface area contributed by atoms with E-state index in [4.69, 9.17) is 14.2 Å². The number of aliphatic hydroxyl groups excluding tert-OH is 1. The molecule has 1 saturated heterocycles. The lowest BCUT2D eigenvalue weighted by Crippen LogP contribution is -2.33. The van der Waals surface area contributed by atoms with Gasteiger partial charge in [0.05, 0.1) is 26.9 Å². The fourth-order valence-electron chi connectivity index (χ4n) is 1.80. The van der Waals surface area contributed by atoms with E-state index >= 15 is 0 Å². The second-order valence-corrected chi connectivity index (χ2v) is 3.67. The van der Waals surface area contributed by atoms with Gasteiger partial charge in [-0.25, -0.2) is 0 Å². The van der Waals surface area contributed by atoms with Gasteiger partial charge in [-0.3, -0.25) is 0 Å². The van der Waals surface area contributed by atoms with Gasteiger partial charge in [-0.15, -0.1) is 0 Å². The molecule has 1 aliphatic rings. The molecule has 0 saturated carbocycles. The topological polar surface area (TPSA) is 47.9 Å². The molecule has 0 amide bonds. The second kappa shape index (κ2) is 5.30. The van der Waals surface area contributed by atoms with Crippen molar-refractivity contribution < 1.29 is 19.3 Å². The van der Waals surface area contributed by atoms with Crippen LogP contribution in [0.5, 0.6) is 5.75 Å². The van der Waals surface area contributed by atoms with Gasteiger partial charge in [0.25, 0.3) is 0 Å².